The zero-order valence-corrected chi connectivity index (χ0v) is 10.8. The standard InChI is InChI=1S/C14H16N4O/c1-2-6-16-12-5-9-17-13(10-12)14(19)18-11-3-7-15-8-4-11/h3-5,7-10H,2,6H2,1H3,(H,16,17)(H,15,18,19). The van der Waals surface area contributed by atoms with Crippen molar-refractivity contribution >= 4 is 17.3 Å². The second-order valence-electron chi connectivity index (χ2n) is 4.05. The summed E-state index contributed by atoms with van der Waals surface area (Å²) in [5.41, 5.74) is 1.99. The summed E-state index contributed by atoms with van der Waals surface area (Å²) >= 11 is 0. The molecule has 0 saturated heterocycles. The molecule has 2 rings (SSSR count). The summed E-state index contributed by atoms with van der Waals surface area (Å²) in [5.74, 6) is -0.230. The topological polar surface area (TPSA) is 66.9 Å². The average Bonchev–Trinajstić information content (AvgIpc) is 2.46. The van der Waals surface area contributed by atoms with Gasteiger partial charge in [-0.2, -0.15) is 0 Å². The molecule has 0 aliphatic rings. The molecule has 2 aromatic rings. The smallest absolute Gasteiger partial charge is 0.274 e. The molecule has 0 radical (unpaired) electrons. The first-order valence-electron chi connectivity index (χ1n) is 6.21. The molecular formula is C14H16N4O. The first-order valence-corrected chi connectivity index (χ1v) is 6.21. The van der Waals surface area contributed by atoms with E-state index in [0.717, 1.165) is 18.7 Å². The minimum Gasteiger partial charge on any atom is -0.385 e. The first-order chi connectivity index (χ1) is 9.29. The number of nitrogens with zero attached hydrogens (tertiary/aromatic N) is 2. The van der Waals surface area contributed by atoms with E-state index in [2.05, 4.69) is 27.5 Å². The van der Waals surface area contributed by atoms with Crippen LogP contribution < -0.4 is 10.6 Å². The van der Waals surface area contributed by atoms with Crippen molar-refractivity contribution < 1.29 is 4.79 Å². The molecule has 0 aliphatic carbocycles. The molecule has 98 valence electrons. The maximum absolute atomic E-state index is 12.0. The van der Waals surface area contributed by atoms with Crippen molar-refractivity contribution in [2.75, 3.05) is 17.2 Å². The number of nitrogens with one attached hydrogen (secondary N) is 2. The van der Waals surface area contributed by atoms with Gasteiger partial charge in [0.25, 0.3) is 5.91 Å². The molecule has 0 saturated carbocycles. The van der Waals surface area contributed by atoms with Crippen molar-refractivity contribution in [1.29, 1.82) is 0 Å². The largest absolute Gasteiger partial charge is 0.385 e. The third-order valence-electron chi connectivity index (χ3n) is 2.51. The molecule has 0 fully saturated rings. The Morgan fingerprint density at radius 1 is 1.16 bits per heavy atom. The molecule has 0 spiro atoms. The Labute approximate surface area is 112 Å². The van der Waals surface area contributed by atoms with E-state index in [1.54, 1.807) is 36.8 Å². The molecule has 2 aromatic heterocycles. The Morgan fingerprint density at radius 2 is 1.89 bits per heavy atom. The van der Waals surface area contributed by atoms with Gasteiger partial charge in [-0.3, -0.25) is 14.8 Å². The van der Waals surface area contributed by atoms with Gasteiger partial charge in [0.15, 0.2) is 0 Å². The van der Waals surface area contributed by atoms with Crippen LogP contribution >= 0.6 is 0 Å². The van der Waals surface area contributed by atoms with Gasteiger partial charge >= 0.3 is 0 Å². The van der Waals surface area contributed by atoms with Gasteiger partial charge in [0.1, 0.15) is 5.69 Å². The number of rotatable bonds is 5. The molecule has 2 heterocycles. The number of hydrogen-bond acceptors (Lipinski definition) is 4. The highest BCUT2D eigenvalue weighted by Crippen LogP contribution is 2.10. The van der Waals surface area contributed by atoms with Gasteiger partial charge in [0, 0.05) is 36.5 Å². The van der Waals surface area contributed by atoms with E-state index in [1.165, 1.54) is 0 Å². The van der Waals surface area contributed by atoms with Crippen molar-refractivity contribution in [3.05, 3.63) is 48.5 Å². The molecule has 5 heteroatoms. The number of amides is 1. The summed E-state index contributed by atoms with van der Waals surface area (Å²) in [5, 5.41) is 6.00. The second-order valence-corrected chi connectivity index (χ2v) is 4.05. The van der Waals surface area contributed by atoms with Crippen molar-refractivity contribution in [3.8, 4) is 0 Å². The van der Waals surface area contributed by atoms with Gasteiger partial charge < -0.3 is 10.6 Å². The molecule has 0 atom stereocenters. The van der Waals surface area contributed by atoms with Crippen LogP contribution in [0.15, 0.2) is 42.9 Å². The van der Waals surface area contributed by atoms with Crippen LogP contribution in [-0.2, 0) is 0 Å². The van der Waals surface area contributed by atoms with E-state index in [-0.39, 0.29) is 5.91 Å². The highest BCUT2D eigenvalue weighted by atomic mass is 16.1. The first kappa shape index (κ1) is 13.0. The van der Waals surface area contributed by atoms with Crippen LogP contribution in [-0.4, -0.2) is 22.4 Å². The number of anilines is 2. The van der Waals surface area contributed by atoms with Crippen LogP contribution in [0.3, 0.4) is 0 Å². The molecule has 19 heavy (non-hydrogen) atoms. The normalized spacial score (nSPS) is 9.95. The average molecular weight is 256 g/mol. The van der Waals surface area contributed by atoms with Crippen LogP contribution in [0, 0.1) is 0 Å². The highest BCUT2D eigenvalue weighted by Gasteiger charge is 2.08. The fourth-order valence-corrected chi connectivity index (χ4v) is 1.56. The Hall–Kier alpha value is -2.43. The number of carbonyl (C=O) groups is 1. The molecule has 2 N–H and O–H groups in total. The molecule has 0 aliphatic heterocycles. The second kappa shape index (κ2) is 6.49. The lowest BCUT2D eigenvalue weighted by atomic mass is 10.3. The number of aromatic nitrogens is 2. The van der Waals surface area contributed by atoms with Gasteiger partial charge in [-0.15, -0.1) is 0 Å². The van der Waals surface area contributed by atoms with E-state index in [0.29, 0.717) is 11.4 Å². The summed E-state index contributed by atoms with van der Waals surface area (Å²) in [6, 6.07) is 7.05. The van der Waals surface area contributed by atoms with E-state index in [9.17, 15) is 4.79 Å². The van der Waals surface area contributed by atoms with Crippen molar-refractivity contribution in [2.45, 2.75) is 13.3 Å². The van der Waals surface area contributed by atoms with Gasteiger partial charge in [0.05, 0.1) is 0 Å². The van der Waals surface area contributed by atoms with Crippen LogP contribution in [0.25, 0.3) is 0 Å². The molecule has 0 aromatic carbocycles. The molecule has 0 bridgehead atoms. The SMILES string of the molecule is CCCNc1ccnc(C(=O)Nc2ccncc2)c1. The molecular weight excluding hydrogens is 240 g/mol. The highest BCUT2D eigenvalue weighted by molar-refractivity contribution is 6.03. The van der Waals surface area contributed by atoms with E-state index >= 15 is 0 Å². The number of carbonyl (C=O) groups excluding carboxylic acids is 1. The van der Waals surface area contributed by atoms with Gasteiger partial charge in [0.2, 0.25) is 0 Å². The predicted molar refractivity (Wildman–Crippen MR) is 75.2 cm³/mol. The minimum absolute atomic E-state index is 0.230. The lowest BCUT2D eigenvalue weighted by Crippen LogP contribution is -2.14. The Balaban J connectivity index is 2.06. The number of pyridine rings is 2. The van der Waals surface area contributed by atoms with Gasteiger partial charge in [-0.25, -0.2) is 0 Å². The third-order valence-corrected chi connectivity index (χ3v) is 2.51. The Kier molecular flexibility index (Phi) is 4.44. The van der Waals surface area contributed by atoms with Crippen LogP contribution in [0.4, 0.5) is 11.4 Å². The van der Waals surface area contributed by atoms with Gasteiger partial charge in [-0.05, 0) is 30.7 Å². The zero-order valence-electron chi connectivity index (χ0n) is 10.8. The summed E-state index contributed by atoms with van der Waals surface area (Å²) in [7, 11) is 0. The van der Waals surface area contributed by atoms with E-state index < -0.39 is 0 Å². The van der Waals surface area contributed by atoms with Crippen LogP contribution in [0.5, 0.6) is 0 Å². The number of hydrogen-bond donors (Lipinski definition) is 2. The van der Waals surface area contributed by atoms with Crippen LogP contribution in [0.2, 0.25) is 0 Å². The molecule has 1 amide bonds. The van der Waals surface area contributed by atoms with Crippen molar-refractivity contribution in [1.82, 2.24) is 9.97 Å². The third kappa shape index (κ3) is 3.77. The summed E-state index contributed by atoms with van der Waals surface area (Å²) in [6.07, 6.45) is 5.91. The van der Waals surface area contributed by atoms with E-state index in [1.807, 2.05) is 6.07 Å². The molecule has 0 unspecified atom stereocenters. The predicted octanol–water partition coefficient (Wildman–Crippen LogP) is 2.55. The van der Waals surface area contributed by atoms with Gasteiger partial charge in [-0.1, -0.05) is 6.92 Å². The summed E-state index contributed by atoms with van der Waals surface area (Å²) in [4.78, 5) is 20.0. The summed E-state index contributed by atoms with van der Waals surface area (Å²) < 4.78 is 0. The van der Waals surface area contributed by atoms with E-state index in [4.69, 9.17) is 0 Å². The minimum atomic E-state index is -0.230. The summed E-state index contributed by atoms with van der Waals surface area (Å²) in [6.45, 7) is 2.96. The lowest BCUT2D eigenvalue weighted by molar-refractivity contribution is 0.102. The maximum Gasteiger partial charge on any atom is 0.274 e. The van der Waals surface area contributed by atoms with Crippen molar-refractivity contribution in [3.63, 3.8) is 0 Å². The monoisotopic (exact) mass is 256 g/mol. The quantitative estimate of drug-likeness (QED) is 0.862. The lowest BCUT2D eigenvalue weighted by Gasteiger charge is -2.07. The maximum atomic E-state index is 12.0. The Bertz CT molecular complexity index is 542. The fourth-order valence-electron chi connectivity index (χ4n) is 1.56. The van der Waals surface area contributed by atoms with Crippen LogP contribution in [0.1, 0.15) is 23.8 Å². The molecule has 5 nitrogen and oxygen atoms in total. The Morgan fingerprint density at radius 3 is 2.63 bits per heavy atom. The zero-order chi connectivity index (χ0) is 13.5. The van der Waals surface area contributed by atoms with Crippen molar-refractivity contribution in [2.24, 2.45) is 0 Å². The fraction of sp³-hybridized carbons (Fsp3) is 0.214.